The molecule has 2 unspecified atom stereocenters. The van der Waals surface area contributed by atoms with Gasteiger partial charge in [0.2, 0.25) is 0 Å². The highest BCUT2D eigenvalue weighted by Crippen LogP contribution is 2.34. The molecule has 6 nitrogen and oxygen atoms in total. The van der Waals surface area contributed by atoms with Gasteiger partial charge in [0.1, 0.15) is 6.17 Å². The number of piperidine rings is 1. The van der Waals surface area contributed by atoms with Gasteiger partial charge in [0, 0.05) is 48.1 Å². The minimum Gasteiger partial charge on any atom is -0.361 e. The highest BCUT2D eigenvalue weighted by atomic mass is 16.2. The van der Waals surface area contributed by atoms with Crippen LogP contribution in [0.15, 0.2) is 48.5 Å². The number of amides is 2. The van der Waals surface area contributed by atoms with Gasteiger partial charge in [0.25, 0.3) is 11.8 Å². The molecule has 0 radical (unpaired) electrons. The van der Waals surface area contributed by atoms with Gasteiger partial charge in [-0.1, -0.05) is 37.6 Å². The van der Waals surface area contributed by atoms with Crippen molar-refractivity contribution in [3.63, 3.8) is 0 Å². The molecule has 6 heteroatoms. The molecule has 1 fully saturated rings. The maximum atomic E-state index is 12.9. The number of anilines is 1. The van der Waals surface area contributed by atoms with Crippen LogP contribution in [0.3, 0.4) is 0 Å². The first-order valence-electron chi connectivity index (χ1n) is 12.4. The molecule has 2 N–H and O–H groups in total. The monoisotopic (exact) mass is 448 g/mol. The predicted molar refractivity (Wildman–Crippen MR) is 132 cm³/mol. The molecule has 0 bridgehead atoms. The summed E-state index contributed by atoms with van der Waals surface area (Å²) in [6, 6.07) is 15.9. The molecule has 1 saturated heterocycles. The van der Waals surface area contributed by atoms with E-state index < -0.39 is 0 Å². The van der Waals surface area contributed by atoms with E-state index in [2.05, 4.69) is 29.4 Å². The summed E-state index contributed by atoms with van der Waals surface area (Å²) in [5, 5.41) is 6.56. The van der Waals surface area contributed by atoms with Crippen LogP contribution in [0.1, 0.15) is 78.4 Å². The summed E-state index contributed by atoms with van der Waals surface area (Å²) in [6.07, 6.45) is 5.51. The van der Waals surface area contributed by atoms with Crippen LogP contribution in [-0.2, 0) is 0 Å². The van der Waals surface area contributed by atoms with Gasteiger partial charge in [-0.3, -0.25) is 9.59 Å². The zero-order valence-electron chi connectivity index (χ0n) is 19.8. The molecular weight excluding hydrogens is 412 g/mol. The van der Waals surface area contributed by atoms with Crippen LogP contribution in [0, 0.1) is 0 Å². The second-order valence-corrected chi connectivity index (χ2v) is 9.20. The number of nitrogens with zero attached hydrogens (tertiary/aromatic N) is 2. The van der Waals surface area contributed by atoms with Crippen LogP contribution < -0.4 is 10.6 Å². The number of rotatable bonds is 9. The molecule has 176 valence electrons. The smallest absolute Gasteiger partial charge is 0.256 e. The van der Waals surface area contributed by atoms with Crippen molar-refractivity contribution in [3.05, 3.63) is 65.2 Å². The van der Waals surface area contributed by atoms with Gasteiger partial charge in [-0.15, -0.1) is 0 Å². The minimum atomic E-state index is -0.224. The Morgan fingerprint density at radius 2 is 1.94 bits per heavy atom. The Hall–Kier alpha value is -2.86. The Morgan fingerprint density at radius 3 is 2.76 bits per heavy atom. The first-order chi connectivity index (χ1) is 16.1. The number of hydrogen-bond acceptors (Lipinski definition) is 4. The van der Waals surface area contributed by atoms with Gasteiger partial charge in [0.15, 0.2) is 0 Å². The topological polar surface area (TPSA) is 64.7 Å². The summed E-state index contributed by atoms with van der Waals surface area (Å²) in [7, 11) is 0. The van der Waals surface area contributed by atoms with Gasteiger partial charge >= 0.3 is 0 Å². The van der Waals surface area contributed by atoms with Crippen LogP contribution >= 0.6 is 0 Å². The molecule has 2 aliphatic heterocycles. The van der Waals surface area contributed by atoms with Gasteiger partial charge in [-0.05, 0) is 63.4 Å². The lowest BCUT2D eigenvalue weighted by Crippen LogP contribution is -2.39. The Balaban J connectivity index is 1.36. The lowest BCUT2D eigenvalue weighted by Gasteiger charge is -2.33. The number of carbonyl (C=O) groups is 2. The standard InChI is InChI=1S/C27H36N4O2/c1-3-16-31-25(23-13-4-5-14-24(23)27(31)33)29-22-12-8-11-21(19-22)26(32)28-15-9-18-30-17-7-6-10-20(30)2/h4-5,8,11-14,19-20,25,29H,3,6-7,9-10,15-18H2,1-2H3,(H,28,32). The fourth-order valence-corrected chi connectivity index (χ4v) is 4.98. The Bertz CT molecular complexity index is 976. The summed E-state index contributed by atoms with van der Waals surface area (Å²) in [4.78, 5) is 30.0. The van der Waals surface area contributed by atoms with Crippen molar-refractivity contribution in [1.29, 1.82) is 0 Å². The third-order valence-corrected chi connectivity index (χ3v) is 6.80. The number of fused-ring (bicyclic) bond motifs is 1. The maximum absolute atomic E-state index is 12.9. The van der Waals surface area contributed by atoms with E-state index in [0.29, 0.717) is 24.7 Å². The molecule has 0 aliphatic carbocycles. The molecule has 4 rings (SSSR count). The summed E-state index contributed by atoms with van der Waals surface area (Å²) < 4.78 is 0. The number of nitrogens with one attached hydrogen (secondary N) is 2. The largest absolute Gasteiger partial charge is 0.361 e. The molecule has 2 atom stereocenters. The van der Waals surface area contributed by atoms with Crippen molar-refractivity contribution in [2.45, 2.75) is 58.2 Å². The lowest BCUT2D eigenvalue weighted by molar-refractivity contribution is 0.0742. The SMILES string of the molecule is CCCN1C(=O)c2ccccc2C1Nc1cccc(C(=O)NCCCN2CCCCC2C)c1. The Morgan fingerprint density at radius 1 is 1.09 bits per heavy atom. The van der Waals surface area contributed by atoms with E-state index in [1.807, 2.05) is 53.4 Å². The van der Waals surface area contributed by atoms with Crippen LogP contribution in [0.5, 0.6) is 0 Å². The molecular formula is C27H36N4O2. The molecule has 0 aromatic heterocycles. The highest BCUT2D eigenvalue weighted by Gasteiger charge is 2.35. The van der Waals surface area contributed by atoms with Crippen molar-refractivity contribution >= 4 is 17.5 Å². The van der Waals surface area contributed by atoms with Gasteiger partial charge in [-0.2, -0.15) is 0 Å². The quantitative estimate of drug-likeness (QED) is 0.548. The van der Waals surface area contributed by atoms with E-state index in [-0.39, 0.29) is 18.0 Å². The van der Waals surface area contributed by atoms with Crippen LogP contribution in [0.25, 0.3) is 0 Å². The van der Waals surface area contributed by atoms with Crippen molar-refractivity contribution in [1.82, 2.24) is 15.1 Å². The molecule has 0 saturated carbocycles. The Kier molecular flexibility index (Phi) is 7.65. The molecule has 2 heterocycles. The van der Waals surface area contributed by atoms with E-state index in [4.69, 9.17) is 0 Å². The predicted octanol–water partition coefficient (Wildman–Crippen LogP) is 4.66. The fraction of sp³-hybridized carbons (Fsp3) is 0.481. The van der Waals surface area contributed by atoms with Crippen molar-refractivity contribution in [2.75, 3.05) is 31.5 Å². The van der Waals surface area contributed by atoms with E-state index in [1.54, 1.807) is 0 Å². The Labute approximate surface area is 197 Å². The van der Waals surface area contributed by atoms with Gasteiger partial charge in [0.05, 0.1) is 0 Å². The van der Waals surface area contributed by atoms with E-state index in [9.17, 15) is 9.59 Å². The fourth-order valence-electron chi connectivity index (χ4n) is 4.98. The molecule has 2 aromatic rings. The van der Waals surface area contributed by atoms with E-state index in [1.165, 1.54) is 25.8 Å². The first-order valence-corrected chi connectivity index (χ1v) is 12.4. The van der Waals surface area contributed by atoms with Gasteiger partial charge < -0.3 is 20.4 Å². The lowest BCUT2D eigenvalue weighted by atomic mass is 10.0. The average Bonchev–Trinajstić information content (AvgIpc) is 3.09. The summed E-state index contributed by atoms with van der Waals surface area (Å²) in [5.41, 5.74) is 3.20. The normalized spacial score (nSPS) is 20.5. The zero-order valence-corrected chi connectivity index (χ0v) is 19.8. The number of likely N-dealkylation sites (tertiary alicyclic amines) is 1. The zero-order chi connectivity index (χ0) is 23.2. The molecule has 2 amide bonds. The number of hydrogen-bond donors (Lipinski definition) is 2. The van der Waals surface area contributed by atoms with Crippen molar-refractivity contribution in [2.24, 2.45) is 0 Å². The third-order valence-electron chi connectivity index (χ3n) is 6.80. The minimum absolute atomic E-state index is 0.0568. The molecule has 2 aromatic carbocycles. The summed E-state index contributed by atoms with van der Waals surface area (Å²) >= 11 is 0. The molecule has 2 aliphatic rings. The second-order valence-electron chi connectivity index (χ2n) is 9.20. The van der Waals surface area contributed by atoms with Gasteiger partial charge in [-0.25, -0.2) is 0 Å². The van der Waals surface area contributed by atoms with Crippen molar-refractivity contribution in [3.8, 4) is 0 Å². The third kappa shape index (κ3) is 5.38. The average molecular weight is 449 g/mol. The molecule has 0 spiro atoms. The summed E-state index contributed by atoms with van der Waals surface area (Å²) in [5.74, 6) is 0.000488. The van der Waals surface area contributed by atoms with Crippen LogP contribution in [-0.4, -0.2) is 53.8 Å². The van der Waals surface area contributed by atoms with Crippen LogP contribution in [0.2, 0.25) is 0 Å². The highest BCUT2D eigenvalue weighted by molar-refractivity contribution is 5.99. The molecule has 33 heavy (non-hydrogen) atoms. The van der Waals surface area contributed by atoms with Crippen LogP contribution in [0.4, 0.5) is 5.69 Å². The van der Waals surface area contributed by atoms with E-state index >= 15 is 0 Å². The number of benzene rings is 2. The maximum Gasteiger partial charge on any atom is 0.256 e. The second kappa shape index (κ2) is 10.8. The van der Waals surface area contributed by atoms with Crippen molar-refractivity contribution < 1.29 is 9.59 Å². The first kappa shape index (κ1) is 23.3. The summed E-state index contributed by atoms with van der Waals surface area (Å²) in [6.45, 7) is 7.93. The number of carbonyl (C=O) groups excluding carboxylic acids is 2. The van der Waals surface area contributed by atoms with E-state index in [0.717, 1.165) is 36.2 Å².